The number of halogens is 1. The lowest BCUT2D eigenvalue weighted by Crippen LogP contribution is -2.44. The standard InChI is InChI=1S/C25H27FN2O3S/c1-18-7-10-24(19-5-3-2-4-6-19)32(30,31)28(18)16-20-8-9-21(15-23(20)26)25(17-27)13-11-22(29)12-14-25/h2-6,8-9,15,18,24H,7,10-14,16H2,1H3/t18-,24+/m0/s1. The second-order valence-electron chi connectivity index (χ2n) is 8.95. The summed E-state index contributed by atoms with van der Waals surface area (Å²) in [4.78, 5) is 11.6. The summed E-state index contributed by atoms with van der Waals surface area (Å²) >= 11 is 0. The van der Waals surface area contributed by atoms with Crippen LogP contribution in [-0.4, -0.2) is 24.5 Å². The van der Waals surface area contributed by atoms with E-state index in [4.69, 9.17) is 0 Å². The Kier molecular flexibility index (Phi) is 6.19. The fourth-order valence-corrected chi connectivity index (χ4v) is 7.10. The van der Waals surface area contributed by atoms with E-state index in [0.29, 0.717) is 44.1 Å². The van der Waals surface area contributed by atoms with Crippen LogP contribution in [-0.2, 0) is 26.8 Å². The molecule has 1 saturated carbocycles. The summed E-state index contributed by atoms with van der Waals surface area (Å²) in [5.74, 6) is -0.386. The van der Waals surface area contributed by atoms with E-state index in [0.717, 1.165) is 5.56 Å². The molecule has 1 aliphatic heterocycles. The molecule has 168 valence electrons. The molecule has 1 heterocycles. The third kappa shape index (κ3) is 4.10. The van der Waals surface area contributed by atoms with Crippen molar-refractivity contribution in [2.24, 2.45) is 0 Å². The Morgan fingerprint density at radius 2 is 1.81 bits per heavy atom. The first-order valence-corrected chi connectivity index (χ1v) is 12.5. The molecule has 5 nitrogen and oxygen atoms in total. The summed E-state index contributed by atoms with van der Waals surface area (Å²) < 4.78 is 43.4. The molecule has 32 heavy (non-hydrogen) atoms. The third-order valence-corrected chi connectivity index (χ3v) is 9.37. The number of Topliss-reactive ketones (excluding diaryl/α,β-unsaturated/α-hetero) is 1. The summed E-state index contributed by atoms with van der Waals surface area (Å²) in [5, 5.41) is 9.14. The van der Waals surface area contributed by atoms with Gasteiger partial charge in [0.15, 0.2) is 0 Å². The van der Waals surface area contributed by atoms with Crippen molar-refractivity contribution in [3.05, 3.63) is 71.0 Å². The highest BCUT2D eigenvalue weighted by Crippen LogP contribution is 2.40. The summed E-state index contributed by atoms with van der Waals surface area (Å²) in [5.41, 5.74) is 0.738. The Hall–Kier alpha value is -2.56. The molecule has 0 unspecified atom stereocenters. The van der Waals surface area contributed by atoms with E-state index in [1.54, 1.807) is 12.1 Å². The Morgan fingerprint density at radius 3 is 2.44 bits per heavy atom. The van der Waals surface area contributed by atoms with Crippen molar-refractivity contribution >= 4 is 15.8 Å². The normalized spacial score (nSPS) is 25.2. The predicted octanol–water partition coefficient (Wildman–Crippen LogP) is 4.79. The van der Waals surface area contributed by atoms with Gasteiger partial charge in [0.05, 0.1) is 11.5 Å². The number of hydrogen-bond acceptors (Lipinski definition) is 4. The number of benzene rings is 2. The van der Waals surface area contributed by atoms with Crippen molar-refractivity contribution in [2.75, 3.05) is 0 Å². The van der Waals surface area contributed by atoms with Crippen molar-refractivity contribution in [3.8, 4) is 6.07 Å². The first-order chi connectivity index (χ1) is 15.3. The number of sulfonamides is 1. The molecule has 0 bridgehead atoms. The van der Waals surface area contributed by atoms with Crippen molar-refractivity contribution < 1.29 is 17.6 Å². The molecule has 0 radical (unpaired) electrons. The fourth-order valence-electron chi connectivity index (χ4n) is 4.91. The highest BCUT2D eigenvalue weighted by Gasteiger charge is 2.41. The molecule has 4 rings (SSSR count). The van der Waals surface area contributed by atoms with Gasteiger partial charge in [-0.3, -0.25) is 4.79 Å². The number of rotatable bonds is 4. The zero-order valence-corrected chi connectivity index (χ0v) is 18.9. The van der Waals surface area contributed by atoms with E-state index in [2.05, 4.69) is 6.07 Å². The first-order valence-electron chi connectivity index (χ1n) is 11.0. The lowest BCUT2D eigenvalue weighted by atomic mass is 9.70. The quantitative estimate of drug-likeness (QED) is 0.666. The molecule has 2 atom stereocenters. The van der Waals surface area contributed by atoms with E-state index in [1.807, 2.05) is 37.3 Å². The van der Waals surface area contributed by atoms with Crippen LogP contribution in [0.5, 0.6) is 0 Å². The van der Waals surface area contributed by atoms with Gasteiger partial charge in [0, 0.05) is 31.0 Å². The van der Waals surface area contributed by atoms with E-state index >= 15 is 4.39 Å². The van der Waals surface area contributed by atoms with Gasteiger partial charge in [-0.25, -0.2) is 12.8 Å². The maximum absolute atomic E-state index is 15.1. The lowest BCUT2D eigenvalue weighted by Gasteiger charge is -2.37. The van der Waals surface area contributed by atoms with Gasteiger partial charge in [-0.2, -0.15) is 9.57 Å². The average Bonchev–Trinajstić information content (AvgIpc) is 2.79. The van der Waals surface area contributed by atoms with E-state index < -0.39 is 26.5 Å². The van der Waals surface area contributed by atoms with Crippen LogP contribution in [0, 0.1) is 17.1 Å². The summed E-state index contributed by atoms with van der Waals surface area (Å²) in [6.45, 7) is 1.81. The van der Waals surface area contributed by atoms with E-state index in [9.17, 15) is 18.5 Å². The van der Waals surface area contributed by atoms with Crippen molar-refractivity contribution in [3.63, 3.8) is 0 Å². The second-order valence-corrected chi connectivity index (χ2v) is 11.0. The lowest BCUT2D eigenvalue weighted by molar-refractivity contribution is -0.120. The average molecular weight is 455 g/mol. The molecule has 2 aromatic carbocycles. The van der Waals surface area contributed by atoms with E-state index in [-0.39, 0.29) is 23.9 Å². The highest BCUT2D eigenvalue weighted by molar-refractivity contribution is 7.89. The summed E-state index contributed by atoms with van der Waals surface area (Å²) in [6.07, 6.45) is 2.65. The number of carbonyl (C=O) groups excluding carboxylic acids is 1. The van der Waals surface area contributed by atoms with Gasteiger partial charge >= 0.3 is 0 Å². The molecule has 0 spiro atoms. The van der Waals surface area contributed by atoms with Gasteiger partial charge in [-0.15, -0.1) is 0 Å². The SMILES string of the molecule is C[C@H]1CC[C@H](c2ccccc2)S(=O)(=O)N1Cc1ccc(C2(C#N)CCC(=O)CC2)cc1F. The summed E-state index contributed by atoms with van der Waals surface area (Å²) in [7, 11) is -3.66. The molecule has 2 aromatic rings. The minimum atomic E-state index is -3.66. The van der Waals surface area contributed by atoms with Gasteiger partial charge in [-0.05, 0) is 49.8 Å². The Balaban J connectivity index is 1.61. The molecular formula is C25H27FN2O3S. The molecule has 2 fully saturated rings. The van der Waals surface area contributed by atoms with Crippen LogP contribution in [0.15, 0.2) is 48.5 Å². The largest absolute Gasteiger partial charge is 0.300 e. The summed E-state index contributed by atoms with van der Waals surface area (Å²) in [6, 6.07) is 15.9. The molecule has 0 aromatic heterocycles. The minimum absolute atomic E-state index is 0.0447. The maximum atomic E-state index is 15.1. The van der Waals surface area contributed by atoms with Crippen molar-refractivity contribution in [1.29, 1.82) is 5.26 Å². The second kappa shape index (κ2) is 8.76. The first kappa shape index (κ1) is 22.6. The fraction of sp³-hybridized carbons (Fsp3) is 0.440. The number of ketones is 1. The Bertz CT molecular complexity index is 1150. The monoisotopic (exact) mass is 454 g/mol. The van der Waals surface area contributed by atoms with Crippen LogP contribution < -0.4 is 0 Å². The maximum Gasteiger partial charge on any atom is 0.221 e. The molecule has 0 N–H and O–H groups in total. The topological polar surface area (TPSA) is 78.2 Å². The van der Waals surface area contributed by atoms with Crippen LogP contribution >= 0.6 is 0 Å². The van der Waals surface area contributed by atoms with E-state index in [1.165, 1.54) is 10.4 Å². The number of nitriles is 1. The van der Waals surface area contributed by atoms with Crippen LogP contribution in [0.2, 0.25) is 0 Å². The number of nitrogens with zero attached hydrogens (tertiary/aromatic N) is 2. The third-order valence-electron chi connectivity index (χ3n) is 7.00. The molecular weight excluding hydrogens is 427 g/mol. The van der Waals surface area contributed by atoms with Crippen LogP contribution in [0.25, 0.3) is 0 Å². The van der Waals surface area contributed by atoms with Crippen LogP contribution in [0.3, 0.4) is 0 Å². The molecule has 2 aliphatic rings. The van der Waals surface area contributed by atoms with Gasteiger partial charge in [-0.1, -0.05) is 42.5 Å². The number of hydrogen-bond donors (Lipinski definition) is 0. The highest BCUT2D eigenvalue weighted by atomic mass is 32.2. The number of carbonyl (C=O) groups is 1. The van der Waals surface area contributed by atoms with Crippen molar-refractivity contribution in [2.45, 2.75) is 68.7 Å². The minimum Gasteiger partial charge on any atom is -0.300 e. The van der Waals surface area contributed by atoms with Crippen LogP contribution in [0.1, 0.15) is 67.4 Å². The van der Waals surface area contributed by atoms with Crippen LogP contribution in [0.4, 0.5) is 4.39 Å². The predicted molar refractivity (Wildman–Crippen MR) is 120 cm³/mol. The Morgan fingerprint density at radius 1 is 1.12 bits per heavy atom. The van der Waals surface area contributed by atoms with Gasteiger partial charge in [0.1, 0.15) is 16.9 Å². The smallest absolute Gasteiger partial charge is 0.221 e. The van der Waals surface area contributed by atoms with Gasteiger partial charge in [0.25, 0.3) is 0 Å². The molecule has 1 aliphatic carbocycles. The molecule has 1 saturated heterocycles. The molecule has 7 heteroatoms. The zero-order valence-electron chi connectivity index (χ0n) is 18.1. The van der Waals surface area contributed by atoms with Gasteiger partial charge < -0.3 is 0 Å². The van der Waals surface area contributed by atoms with Crippen molar-refractivity contribution in [1.82, 2.24) is 4.31 Å². The van der Waals surface area contributed by atoms with Gasteiger partial charge in [0.2, 0.25) is 10.0 Å². The molecule has 0 amide bonds. The Labute approximate surface area is 188 Å². The zero-order chi connectivity index (χ0) is 22.9.